The summed E-state index contributed by atoms with van der Waals surface area (Å²) in [6.45, 7) is 6.64. The van der Waals surface area contributed by atoms with Crippen LogP contribution in [-0.4, -0.2) is 46.0 Å². The van der Waals surface area contributed by atoms with Crippen LogP contribution in [0.4, 0.5) is 0 Å². The molecular weight excluding hydrogens is 240 g/mol. The minimum atomic E-state index is -3.19. The minimum absolute atomic E-state index is 0.142. The maximum Gasteiger partial charge on any atom is 0.213 e. The number of rotatable bonds is 7. The minimum Gasteiger partial charge on any atom is -0.381 e. The largest absolute Gasteiger partial charge is 0.381 e. The Labute approximate surface area is 104 Å². The fourth-order valence-electron chi connectivity index (χ4n) is 1.86. The van der Waals surface area contributed by atoms with Crippen molar-refractivity contribution in [2.24, 2.45) is 0 Å². The lowest BCUT2D eigenvalue weighted by Crippen LogP contribution is -2.50. The van der Waals surface area contributed by atoms with Crippen LogP contribution in [0, 0.1) is 0 Å². The molecule has 1 aliphatic heterocycles. The zero-order valence-corrected chi connectivity index (χ0v) is 11.6. The van der Waals surface area contributed by atoms with Crippen LogP contribution in [0.3, 0.4) is 0 Å². The molecule has 0 unspecified atom stereocenters. The highest BCUT2D eigenvalue weighted by molar-refractivity contribution is 7.89. The Kier molecular flexibility index (Phi) is 5.85. The monoisotopic (exact) mass is 264 g/mol. The van der Waals surface area contributed by atoms with Crippen molar-refractivity contribution < 1.29 is 13.2 Å². The molecule has 17 heavy (non-hydrogen) atoms. The molecule has 0 aromatic carbocycles. The molecule has 1 saturated heterocycles. The number of hydrogen-bond donors (Lipinski definition) is 2. The van der Waals surface area contributed by atoms with Gasteiger partial charge in [0.25, 0.3) is 0 Å². The van der Waals surface area contributed by atoms with Crippen molar-refractivity contribution in [3.05, 3.63) is 0 Å². The number of nitrogens with one attached hydrogen (secondary N) is 2. The van der Waals surface area contributed by atoms with Gasteiger partial charge in [0, 0.05) is 25.3 Å². The second-order valence-corrected chi connectivity index (χ2v) is 6.69. The molecule has 1 aliphatic rings. The fraction of sp³-hybridized carbons (Fsp3) is 1.00. The van der Waals surface area contributed by atoms with Crippen LogP contribution in [0.15, 0.2) is 0 Å². The van der Waals surface area contributed by atoms with Crippen LogP contribution in [0.5, 0.6) is 0 Å². The standard InChI is InChI=1S/C11H24N2O3S/c1-3-6-12-7-10-17(14,15)13-11(2)4-8-16-9-5-11/h12-13H,3-10H2,1-2H3. The molecule has 0 radical (unpaired) electrons. The maximum absolute atomic E-state index is 11.9. The lowest BCUT2D eigenvalue weighted by atomic mass is 9.94. The van der Waals surface area contributed by atoms with Gasteiger partial charge < -0.3 is 10.1 Å². The van der Waals surface area contributed by atoms with Crippen molar-refractivity contribution in [1.82, 2.24) is 10.0 Å². The SMILES string of the molecule is CCCNCCS(=O)(=O)NC1(C)CCOCC1. The molecule has 0 amide bonds. The quantitative estimate of drug-likeness (QED) is 0.656. The van der Waals surface area contributed by atoms with Crippen LogP contribution in [0.25, 0.3) is 0 Å². The average molecular weight is 264 g/mol. The Bertz CT molecular complexity index is 311. The van der Waals surface area contributed by atoms with Crippen molar-refractivity contribution >= 4 is 10.0 Å². The molecule has 1 fully saturated rings. The molecule has 2 N–H and O–H groups in total. The first-order valence-electron chi connectivity index (χ1n) is 6.27. The Hall–Kier alpha value is -0.170. The molecule has 1 heterocycles. The van der Waals surface area contributed by atoms with Gasteiger partial charge >= 0.3 is 0 Å². The zero-order valence-electron chi connectivity index (χ0n) is 10.8. The van der Waals surface area contributed by atoms with E-state index in [2.05, 4.69) is 17.0 Å². The molecule has 0 aliphatic carbocycles. The molecule has 6 heteroatoms. The Morgan fingerprint density at radius 2 is 1.88 bits per heavy atom. The van der Waals surface area contributed by atoms with E-state index in [0.717, 1.165) is 25.8 Å². The third kappa shape index (κ3) is 5.81. The zero-order chi connectivity index (χ0) is 12.8. The second-order valence-electron chi connectivity index (χ2n) is 4.84. The second kappa shape index (κ2) is 6.68. The summed E-state index contributed by atoms with van der Waals surface area (Å²) in [7, 11) is -3.19. The van der Waals surface area contributed by atoms with E-state index in [4.69, 9.17) is 4.74 Å². The first-order chi connectivity index (χ1) is 7.97. The lowest BCUT2D eigenvalue weighted by molar-refractivity contribution is 0.0537. The van der Waals surface area contributed by atoms with Crippen molar-refractivity contribution in [2.45, 2.75) is 38.6 Å². The van der Waals surface area contributed by atoms with Crippen molar-refractivity contribution in [3.63, 3.8) is 0 Å². The molecule has 0 bridgehead atoms. The predicted molar refractivity (Wildman–Crippen MR) is 68.5 cm³/mol. The van der Waals surface area contributed by atoms with Crippen molar-refractivity contribution in [2.75, 3.05) is 32.1 Å². The third-order valence-corrected chi connectivity index (χ3v) is 4.52. The highest BCUT2D eigenvalue weighted by Crippen LogP contribution is 2.20. The summed E-state index contributed by atoms with van der Waals surface area (Å²) >= 11 is 0. The van der Waals surface area contributed by atoms with Crippen LogP contribution in [0.2, 0.25) is 0 Å². The van der Waals surface area contributed by atoms with Crippen LogP contribution >= 0.6 is 0 Å². The summed E-state index contributed by atoms with van der Waals surface area (Å²) in [6, 6.07) is 0. The van der Waals surface area contributed by atoms with Crippen LogP contribution < -0.4 is 10.0 Å². The highest BCUT2D eigenvalue weighted by Gasteiger charge is 2.31. The van der Waals surface area contributed by atoms with E-state index in [9.17, 15) is 8.42 Å². The van der Waals surface area contributed by atoms with Crippen molar-refractivity contribution in [3.8, 4) is 0 Å². The molecule has 1 rings (SSSR count). The van der Waals surface area contributed by atoms with Crippen LogP contribution in [-0.2, 0) is 14.8 Å². The predicted octanol–water partition coefficient (Wildman–Crippen LogP) is 0.475. The first-order valence-corrected chi connectivity index (χ1v) is 7.93. The topological polar surface area (TPSA) is 67.4 Å². The smallest absolute Gasteiger partial charge is 0.213 e. The summed E-state index contributed by atoms with van der Waals surface area (Å²) < 4.78 is 31.8. The summed E-state index contributed by atoms with van der Waals surface area (Å²) in [6.07, 6.45) is 2.51. The van der Waals surface area contributed by atoms with Gasteiger partial charge in [0.2, 0.25) is 10.0 Å². The molecule has 0 spiro atoms. The molecule has 0 saturated carbocycles. The average Bonchev–Trinajstić information content (AvgIpc) is 2.24. The van der Waals surface area contributed by atoms with E-state index in [-0.39, 0.29) is 11.3 Å². The summed E-state index contributed by atoms with van der Waals surface area (Å²) in [5, 5.41) is 3.10. The molecule has 5 nitrogen and oxygen atoms in total. The van der Waals surface area contributed by atoms with E-state index in [1.807, 2.05) is 6.92 Å². The summed E-state index contributed by atoms with van der Waals surface area (Å²) in [5.74, 6) is 0.142. The molecule has 102 valence electrons. The Morgan fingerprint density at radius 3 is 2.47 bits per heavy atom. The van der Waals surface area contributed by atoms with Gasteiger partial charge in [0.1, 0.15) is 0 Å². The van der Waals surface area contributed by atoms with Gasteiger partial charge in [-0.2, -0.15) is 0 Å². The van der Waals surface area contributed by atoms with E-state index in [1.165, 1.54) is 0 Å². The number of ether oxygens (including phenoxy) is 1. The Balaban J connectivity index is 2.37. The molecule has 0 aromatic rings. The van der Waals surface area contributed by atoms with E-state index in [1.54, 1.807) is 0 Å². The highest BCUT2D eigenvalue weighted by atomic mass is 32.2. The fourth-order valence-corrected chi connectivity index (χ4v) is 3.33. The van der Waals surface area contributed by atoms with E-state index in [0.29, 0.717) is 19.8 Å². The molecule has 0 atom stereocenters. The number of hydrogen-bond acceptors (Lipinski definition) is 4. The lowest BCUT2D eigenvalue weighted by Gasteiger charge is -2.34. The van der Waals surface area contributed by atoms with Gasteiger partial charge in [-0.1, -0.05) is 6.92 Å². The summed E-state index contributed by atoms with van der Waals surface area (Å²) in [5.41, 5.74) is -0.332. The van der Waals surface area contributed by atoms with E-state index < -0.39 is 10.0 Å². The first kappa shape index (κ1) is 14.9. The Morgan fingerprint density at radius 1 is 1.24 bits per heavy atom. The molecular formula is C11H24N2O3S. The third-order valence-electron chi connectivity index (χ3n) is 2.97. The van der Waals surface area contributed by atoms with E-state index >= 15 is 0 Å². The van der Waals surface area contributed by atoms with Gasteiger partial charge in [-0.05, 0) is 32.7 Å². The molecule has 0 aromatic heterocycles. The van der Waals surface area contributed by atoms with Crippen LogP contribution in [0.1, 0.15) is 33.1 Å². The van der Waals surface area contributed by atoms with Gasteiger partial charge in [-0.25, -0.2) is 13.1 Å². The summed E-state index contributed by atoms with van der Waals surface area (Å²) in [4.78, 5) is 0. The number of sulfonamides is 1. The van der Waals surface area contributed by atoms with Gasteiger partial charge in [0.15, 0.2) is 0 Å². The van der Waals surface area contributed by atoms with Gasteiger partial charge in [-0.15, -0.1) is 0 Å². The normalized spacial score (nSPS) is 20.4. The maximum atomic E-state index is 11.9. The van der Waals surface area contributed by atoms with Crippen molar-refractivity contribution in [1.29, 1.82) is 0 Å². The van der Waals surface area contributed by atoms with Gasteiger partial charge in [0.05, 0.1) is 5.75 Å². The van der Waals surface area contributed by atoms with Gasteiger partial charge in [-0.3, -0.25) is 0 Å².